The van der Waals surface area contributed by atoms with Crippen LogP contribution in [0, 0.1) is 11.3 Å². The number of hydrogen-bond donors (Lipinski definition) is 2. The Bertz CT molecular complexity index is 906. The Hall–Kier alpha value is -3.07. The van der Waals surface area contributed by atoms with Crippen molar-refractivity contribution < 1.29 is 4.74 Å². The van der Waals surface area contributed by atoms with Crippen LogP contribution in [0.2, 0.25) is 0 Å². The number of aromatic nitrogens is 2. The van der Waals surface area contributed by atoms with E-state index < -0.39 is 0 Å². The second-order valence-electron chi connectivity index (χ2n) is 7.52. The lowest BCUT2D eigenvalue weighted by Gasteiger charge is -2.16. The zero-order valence-corrected chi connectivity index (χ0v) is 18.2. The van der Waals surface area contributed by atoms with Crippen LogP contribution in [-0.2, 0) is 11.2 Å². The molecule has 1 aliphatic heterocycles. The van der Waals surface area contributed by atoms with Crippen molar-refractivity contribution in [3.63, 3.8) is 0 Å². The zero-order chi connectivity index (χ0) is 21.3. The van der Waals surface area contributed by atoms with Crippen molar-refractivity contribution in [3.05, 3.63) is 58.6 Å². The van der Waals surface area contributed by atoms with E-state index in [4.69, 9.17) is 10.00 Å². The van der Waals surface area contributed by atoms with E-state index in [0.717, 1.165) is 61.7 Å². The first-order valence-electron chi connectivity index (χ1n) is 10.8. The van der Waals surface area contributed by atoms with E-state index in [1.807, 2.05) is 25.3 Å². The van der Waals surface area contributed by atoms with Gasteiger partial charge in [-0.3, -0.25) is 0 Å². The molecular formula is C24H31N5O. The Morgan fingerprint density at radius 3 is 2.80 bits per heavy atom. The van der Waals surface area contributed by atoms with Crippen LogP contribution in [0.3, 0.4) is 0 Å². The molecule has 3 rings (SSSR count). The van der Waals surface area contributed by atoms with E-state index in [0.29, 0.717) is 18.1 Å². The van der Waals surface area contributed by atoms with Gasteiger partial charge in [0.25, 0.3) is 0 Å². The van der Waals surface area contributed by atoms with Gasteiger partial charge in [-0.05, 0) is 49.5 Å². The van der Waals surface area contributed by atoms with Crippen LogP contribution in [0.25, 0.3) is 0 Å². The summed E-state index contributed by atoms with van der Waals surface area (Å²) in [6, 6.07) is 8.28. The van der Waals surface area contributed by atoms with Crippen molar-refractivity contribution in [2.75, 3.05) is 30.3 Å². The number of fused-ring (bicyclic) bond motifs is 1. The molecule has 0 bridgehead atoms. The minimum absolute atomic E-state index is 0.304. The first kappa shape index (κ1) is 21.6. The predicted octanol–water partition coefficient (Wildman–Crippen LogP) is 5.01. The van der Waals surface area contributed by atoms with Crippen molar-refractivity contribution >= 4 is 11.6 Å². The molecule has 0 spiro atoms. The fourth-order valence-corrected chi connectivity index (χ4v) is 3.82. The third-order valence-electron chi connectivity index (χ3n) is 5.41. The molecule has 1 atom stereocenters. The fourth-order valence-electron chi connectivity index (χ4n) is 3.82. The van der Waals surface area contributed by atoms with Gasteiger partial charge in [0, 0.05) is 43.4 Å². The Morgan fingerprint density at radius 2 is 2.13 bits per heavy atom. The highest BCUT2D eigenvalue weighted by molar-refractivity contribution is 5.55. The number of pyridine rings is 2. The Labute approximate surface area is 179 Å². The Balaban J connectivity index is 1.62. The summed E-state index contributed by atoms with van der Waals surface area (Å²) in [7, 11) is 0. The molecule has 0 saturated carbocycles. The fraction of sp³-hybridized carbons (Fsp3) is 0.458. The van der Waals surface area contributed by atoms with Gasteiger partial charge in [0.1, 0.15) is 17.7 Å². The molecule has 6 nitrogen and oxygen atoms in total. The molecule has 0 saturated heterocycles. The molecule has 2 aromatic rings. The maximum atomic E-state index is 9.14. The maximum Gasteiger partial charge on any atom is 0.129 e. The Kier molecular flexibility index (Phi) is 7.67. The Morgan fingerprint density at radius 1 is 1.27 bits per heavy atom. The summed E-state index contributed by atoms with van der Waals surface area (Å²) in [5, 5.41) is 15.9. The van der Waals surface area contributed by atoms with Crippen LogP contribution in [0.4, 0.5) is 11.6 Å². The minimum Gasteiger partial charge on any atom is -0.498 e. The molecule has 3 heterocycles. The summed E-state index contributed by atoms with van der Waals surface area (Å²) in [5.41, 5.74) is 4.21. The second kappa shape index (κ2) is 10.6. The molecule has 6 heteroatoms. The van der Waals surface area contributed by atoms with Gasteiger partial charge in [0.15, 0.2) is 0 Å². The standard InChI is InChI=1S/C24H31N5O/c1-4-7-22(30-6-3)19(5-2)15-27-23-9-8-17(13-26-23)10-20-16-29-24-21(20)11-18(12-25)14-28-24/h8-9,11,13-14,20H,4-7,10,15-16H2,1-3H3,(H,26,27)(H,28,29)/b22-19-/t20-/m0/s1. The summed E-state index contributed by atoms with van der Waals surface area (Å²) in [6.45, 7) is 8.67. The van der Waals surface area contributed by atoms with E-state index in [-0.39, 0.29) is 0 Å². The zero-order valence-electron chi connectivity index (χ0n) is 18.2. The molecule has 0 unspecified atom stereocenters. The van der Waals surface area contributed by atoms with Crippen LogP contribution < -0.4 is 10.6 Å². The van der Waals surface area contributed by atoms with Crippen molar-refractivity contribution in [1.29, 1.82) is 5.26 Å². The number of nitrogens with one attached hydrogen (secondary N) is 2. The number of anilines is 2. The van der Waals surface area contributed by atoms with E-state index in [1.54, 1.807) is 6.20 Å². The lowest BCUT2D eigenvalue weighted by Crippen LogP contribution is -2.10. The van der Waals surface area contributed by atoms with E-state index in [1.165, 1.54) is 11.1 Å². The van der Waals surface area contributed by atoms with Crippen LogP contribution >= 0.6 is 0 Å². The van der Waals surface area contributed by atoms with Gasteiger partial charge in [-0.2, -0.15) is 5.26 Å². The van der Waals surface area contributed by atoms with Gasteiger partial charge < -0.3 is 15.4 Å². The van der Waals surface area contributed by atoms with E-state index in [9.17, 15) is 0 Å². The quantitative estimate of drug-likeness (QED) is 0.541. The minimum atomic E-state index is 0.304. The molecule has 158 valence electrons. The maximum absolute atomic E-state index is 9.14. The average Bonchev–Trinajstić information content (AvgIpc) is 3.17. The number of ether oxygens (including phenoxy) is 1. The number of hydrogen-bond acceptors (Lipinski definition) is 6. The molecule has 1 aliphatic rings. The molecule has 2 aromatic heterocycles. The molecule has 0 radical (unpaired) electrons. The summed E-state index contributed by atoms with van der Waals surface area (Å²) in [6.07, 6.45) is 7.45. The van der Waals surface area contributed by atoms with E-state index in [2.05, 4.69) is 46.6 Å². The lowest BCUT2D eigenvalue weighted by molar-refractivity contribution is 0.213. The lowest BCUT2D eigenvalue weighted by atomic mass is 9.95. The molecule has 0 amide bonds. The van der Waals surface area contributed by atoms with Gasteiger partial charge >= 0.3 is 0 Å². The third kappa shape index (κ3) is 5.29. The first-order chi connectivity index (χ1) is 14.7. The predicted molar refractivity (Wildman–Crippen MR) is 120 cm³/mol. The number of allylic oxidation sites excluding steroid dienone is 1. The van der Waals surface area contributed by atoms with Gasteiger partial charge in [-0.15, -0.1) is 0 Å². The van der Waals surface area contributed by atoms with Gasteiger partial charge in [0.05, 0.1) is 17.9 Å². The highest BCUT2D eigenvalue weighted by atomic mass is 16.5. The summed E-state index contributed by atoms with van der Waals surface area (Å²) in [4.78, 5) is 8.96. The summed E-state index contributed by atoms with van der Waals surface area (Å²) in [5.74, 6) is 3.18. The van der Waals surface area contributed by atoms with Crippen LogP contribution in [0.15, 0.2) is 41.9 Å². The molecule has 0 aromatic carbocycles. The average molecular weight is 406 g/mol. The van der Waals surface area contributed by atoms with Crippen LogP contribution in [0.5, 0.6) is 0 Å². The van der Waals surface area contributed by atoms with Gasteiger partial charge in [-0.25, -0.2) is 9.97 Å². The molecule has 30 heavy (non-hydrogen) atoms. The number of rotatable bonds is 10. The van der Waals surface area contributed by atoms with Gasteiger partial charge in [0.2, 0.25) is 0 Å². The van der Waals surface area contributed by atoms with Crippen LogP contribution in [0.1, 0.15) is 62.6 Å². The monoisotopic (exact) mass is 405 g/mol. The van der Waals surface area contributed by atoms with Crippen molar-refractivity contribution in [3.8, 4) is 6.07 Å². The topological polar surface area (TPSA) is 82.9 Å². The summed E-state index contributed by atoms with van der Waals surface area (Å²) < 4.78 is 5.85. The smallest absolute Gasteiger partial charge is 0.129 e. The van der Waals surface area contributed by atoms with Crippen LogP contribution in [-0.4, -0.2) is 29.7 Å². The molecule has 0 aliphatic carbocycles. The van der Waals surface area contributed by atoms with Crippen molar-refractivity contribution in [1.82, 2.24) is 9.97 Å². The highest BCUT2D eigenvalue weighted by Gasteiger charge is 2.24. The summed E-state index contributed by atoms with van der Waals surface area (Å²) >= 11 is 0. The molecular weight excluding hydrogens is 374 g/mol. The SMILES string of the molecule is CCC/C(OCC)=C(\CC)CNc1ccc(C[C@H]2CNc3ncc(C#N)cc32)cn1. The normalized spacial score (nSPS) is 15.6. The van der Waals surface area contributed by atoms with Crippen molar-refractivity contribution in [2.24, 2.45) is 0 Å². The van der Waals surface area contributed by atoms with E-state index >= 15 is 0 Å². The first-order valence-corrected chi connectivity index (χ1v) is 10.8. The second-order valence-corrected chi connectivity index (χ2v) is 7.52. The third-order valence-corrected chi connectivity index (χ3v) is 5.41. The van der Waals surface area contributed by atoms with Gasteiger partial charge in [-0.1, -0.05) is 19.9 Å². The number of nitrogens with zero attached hydrogens (tertiary/aromatic N) is 3. The molecule has 2 N–H and O–H groups in total. The van der Waals surface area contributed by atoms with Crippen molar-refractivity contribution in [2.45, 2.75) is 52.4 Å². The highest BCUT2D eigenvalue weighted by Crippen LogP contribution is 2.32. The molecule has 0 fully saturated rings. The largest absolute Gasteiger partial charge is 0.498 e. The number of nitriles is 1.